The summed E-state index contributed by atoms with van der Waals surface area (Å²) in [6.45, 7) is 6.56. The summed E-state index contributed by atoms with van der Waals surface area (Å²) < 4.78 is 0.155. The van der Waals surface area contributed by atoms with Crippen LogP contribution in [0.2, 0.25) is 0 Å². The van der Waals surface area contributed by atoms with E-state index >= 15 is 0 Å². The molecule has 0 aliphatic carbocycles. The van der Waals surface area contributed by atoms with Gasteiger partial charge >= 0.3 is 0 Å². The minimum atomic E-state index is 0.155. The predicted octanol–water partition coefficient (Wildman–Crippen LogP) is 5.25. The van der Waals surface area contributed by atoms with Crippen LogP contribution in [0.15, 0.2) is 46.9 Å². The largest absolute Gasteiger partial charge is 0.250 e. The van der Waals surface area contributed by atoms with Crippen LogP contribution in [0.1, 0.15) is 20.8 Å². The van der Waals surface area contributed by atoms with Crippen molar-refractivity contribution in [2.75, 3.05) is 0 Å². The van der Waals surface area contributed by atoms with Gasteiger partial charge in [0.2, 0.25) is 0 Å². The van der Waals surface area contributed by atoms with E-state index in [0.29, 0.717) is 0 Å². The topological polar surface area (TPSA) is 25.8 Å². The van der Waals surface area contributed by atoms with Crippen molar-refractivity contribution in [3.63, 3.8) is 0 Å². The predicted molar refractivity (Wildman–Crippen MR) is 88.5 cm³/mol. The Morgan fingerprint density at radius 2 is 1.85 bits per heavy atom. The Bertz CT molecular complexity index is 727. The Labute approximate surface area is 127 Å². The van der Waals surface area contributed by atoms with Crippen molar-refractivity contribution in [1.29, 1.82) is 0 Å². The highest BCUT2D eigenvalue weighted by atomic mass is 32.2. The van der Waals surface area contributed by atoms with Gasteiger partial charge in [-0.1, -0.05) is 62.9 Å². The molecule has 0 aliphatic heterocycles. The fourth-order valence-electron chi connectivity index (χ4n) is 1.98. The fourth-order valence-corrected chi connectivity index (χ4v) is 3.81. The SMILES string of the molecule is CC(C)(C)Sc1cnc2c(-c3ccccc3)csc2n1. The van der Waals surface area contributed by atoms with Gasteiger partial charge in [-0.15, -0.1) is 11.3 Å². The molecule has 3 rings (SSSR count). The number of thioether (sulfide) groups is 1. The Morgan fingerprint density at radius 3 is 2.55 bits per heavy atom. The van der Waals surface area contributed by atoms with Gasteiger partial charge < -0.3 is 0 Å². The average Bonchev–Trinajstić information content (AvgIpc) is 2.81. The van der Waals surface area contributed by atoms with E-state index in [1.54, 1.807) is 23.1 Å². The molecule has 0 atom stereocenters. The number of hydrogen-bond acceptors (Lipinski definition) is 4. The third-order valence-corrected chi connectivity index (χ3v) is 4.64. The molecule has 0 N–H and O–H groups in total. The Kier molecular flexibility index (Phi) is 3.52. The minimum absolute atomic E-state index is 0.155. The lowest BCUT2D eigenvalue weighted by atomic mass is 10.1. The Balaban J connectivity index is 2.03. The van der Waals surface area contributed by atoms with Crippen LogP contribution in [0.4, 0.5) is 0 Å². The second-order valence-corrected chi connectivity index (χ2v) is 8.30. The zero-order chi connectivity index (χ0) is 14.2. The fraction of sp³-hybridized carbons (Fsp3) is 0.250. The van der Waals surface area contributed by atoms with Crippen LogP contribution in [-0.4, -0.2) is 14.7 Å². The van der Waals surface area contributed by atoms with Crippen LogP contribution in [-0.2, 0) is 0 Å². The smallest absolute Gasteiger partial charge is 0.143 e. The molecule has 0 radical (unpaired) electrons. The summed E-state index contributed by atoms with van der Waals surface area (Å²) in [6.07, 6.45) is 1.89. The van der Waals surface area contributed by atoms with Gasteiger partial charge in [0.15, 0.2) is 0 Å². The molecule has 0 fully saturated rings. The van der Waals surface area contributed by atoms with E-state index in [4.69, 9.17) is 4.98 Å². The number of fused-ring (bicyclic) bond motifs is 1. The third-order valence-electron chi connectivity index (χ3n) is 2.76. The van der Waals surface area contributed by atoms with Crippen LogP contribution in [0, 0.1) is 0 Å². The molecule has 2 heterocycles. The molecule has 2 aromatic heterocycles. The highest BCUT2D eigenvalue weighted by molar-refractivity contribution is 8.00. The van der Waals surface area contributed by atoms with Gasteiger partial charge in [0.1, 0.15) is 15.4 Å². The average molecular weight is 300 g/mol. The number of rotatable bonds is 2. The van der Waals surface area contributed by atoms with E-state index in [0.717, 1.165) is 15.4 Å². The molecule has 0 saturated heterocycles. The normalized spacial score (nSPS) is 11.9. The molecule has 4 heteroatoms. The van der Waals surface area contributed by atoms with Gasteiger partial charge in [-0.25, -0.2) is 4.98 Å². The third kappa shape index (κ3) is 2.86. The van der Waals surface area contributed by atoms with E-state index in [-0.39, 0.29) is 4.75 Å². The lowest BCUT2D eigenvalue weighted by Crippen LogP contribution is -2.07. The summed E-state index contributed by atoms with van der Waals surface area (Å²) in [5.41, 5.74) is 3.37. The van der Waals surface area contributed by atoms with Gasteiger partial charge in [-0.2, -0.15) is 0 Å². The Hall–Kier alpha value is -1.39. The van der Waals surface area contributed by atoms with Crippen molar-refractivity contribution >= 4 is 33.4 Å². The lowest BCUT2D eigenvalue weighted by Gasteiger charge is -2.16. The van der Waals surface area contributed by atoms with Crippen molar-refractivity contribution < 1.29 is 0 Å². The first-order valence-corrected chi connectivity index (χ1v) is 8.21. The van der Waals surface area contributed by atoms with Crippen molar-refractivity contribution in [3.8, 4) is 11.1 Å². The van der Waals surface area contributed by atoms with E-state index in [9.17, 15) is 0 Å². The second kappa shape index (κ2) is 5.19. The van der Waals surface area contributed by atoms with E-state index in [1.807, 2.05) is 12.3 Å². The summed E-state index contributed by atoms with van der Waals surface area (Å²) >= 11 is 3.42. The molecule has 0 aliphatic rings. The first kappa shape index (κ1) is 13.6. The number of aromatic nitrogens is 2. The highest BCUT2D eigenvalue weighted by Crippen LogP contribution is 2.35. The van der Waals surface area contributed by atoms with Gasteiger partial charge in [-0.05, 0) is 5.56 Å². The first-order valence-electron chi connectivity index (χ1n) is 6.52. The van der Waals surface area contributed by atoms with Crippen LogP contribution >= 0.6 is 23.1 Å². The molecule has 1 aromatic carbocycles. The van der Waals surface area contributed by atoms with E-state index < -0.39 is 0 Å². The number of thiophene rings is 1. The molecule has 2 nitrogen and oxygen atoms in total. The number of nitrogens with zero attached hydrogens (tertiary/aromatic N) is 2. The summed E-state index contributed by atoms with van der Waals surface area (Å²) in [5.74, 6) is 0. The zero-order valence-electron chi connectivity index (χ0n) is 11.8. The maximum Gasteiger partial charge on any atom is 0.143 e. The van der Waals surface area contributed by atoms with Crippen molar-refractivity contribution in [2.45, 2.75) is 30.5 Å². The van der Waals surface area contributed by atoms with Crippen LogP contribution in [0.3, 0.4) is 0 Å². The van der Waals surface area contributed by atoms with E-state index in [1.165, 1.54) is 11.1 Å². The van der Waals surface area contributed by atoms with Gasteiger partial charge in [-0.3, -0.25) is 4.98 Å². The number of hydrogen-bond donors (Lipinski definition) is 0. The first-order chi connectivity index (χ1) is 9.53. The number of benzene rings is 1. The second-order valence-electron chi connectivity index (χ2n) is 5.59. The molecule has 0 amide bonds. The minimum Gasteiger partial charge on any atom is -0.250 e. The van der Waals surface area contributed by atoms with Gasteiger partial charge in [0.25, 0.3) is 0 Å². The van der Waals surface area contributed by atoms with Crippen LogP contribution in [0.5, 0.6) is 0 Å². The summed E-state index contributed by atoms with van der Waals surface area (Å²) in [5, 5.41) is 3.14. The standard InChI is InChI=1S/C16H16N2S2/c1-16(2,3)20-13-9-17-14-12(10-19-15(14)18-13)11-7-5-4-6-8-11/h4-10H,1-3H3. The molecule has 0 spiro atoms. The quantitative estimate of drug-likeness (QED) is 0.605. The monoisotopic (exact) mass is 300 g/mol. The summed E-state index contributed by atoms with van der Waals surface area (Å²) in [6, 6.07) is 10.4. The molecular formula is C16H16N2S2. The zero-order valence-corrected chi connectivity index (χ0v) is 13.4. The van der Waals surface area contributed by atoms with Gasteiger partial charge in [0, 0.05) is 15.7 Å². The molecule has 20 heavy (non-hydrogen) atoms. The molecule has 3 aromatic rings. The van der Waals surface area contributed by atoms with Crippen molar-refractivity contribution in [2.24, 2.45) is 0 Å². The molecular weight excluding hydrogens is 284 g/mol. The van der Waals surface area contributed by atoms with Crippen LogP contribution < -0.4 is 0 Å². The summed E-state index contributed by atoms with van der Waals surface area (Å²) in [4.78, 5) is 10.4. The maximum atomic E-state index is 4.73. The molecule has 0 unspecified atom stereocenters. The highest BCUT2D eigenvalue weighted by Gasteiger charge is 2.15. The van der Waals surface area contributed by atoms with Gasteiger partial charge in [0.05, 0.1) is 6.20 Å². The summed E-state index contributed by atoms with van der Waals surface area (Å²) in [7, 11) is 0. The van der Waals surface area contributed by atoms with Crippen molar-refractivity contribution in [1.82, 2.24) is 9.97 Å². The maximum absolute atomic E-state index is 4.73. The van der Waals surface area contributed by atoms with E-state index in [2.05, 4.69) is 55.4 Å². The lowest BCUT2D eigenvalue weighted by molar-refractivity contribution is 0.799. The molecule has 102 valence electrons. The Morgan fingerprint density at radius 1 is 1.10 bits per heavy atom. The molecule has 0 bridgehead atoms. The molecule has 0 saturated carbocycles. The van der Waals surface area contributed by atoms with Crippen LogP contribution in [0.25, 0.3) is 21.5 Å². The van der Waals surface area contributed by atoms with Crippen molar-refractivity contribution in [3.05, 3.63) is 41.9 Å².